The van der Waals surface area contributed by atoms with E-state index in [0.29, 0.717) is 12.6 Å². The van der Waals surface area contributed by atoms with Gasteiger partial charge in [-0.3, -0.25) is 5.10 Å². The summed E-state index contributed by atoms with van der Waals surface area (Å²) in [5.74, 6) is 0.994. The number of H-pyrrole nitrogens is 1. The Kier molecular flexibility index (Phi) is 1.49. The molecule has 4 nitrogen and oxygen atoms in total. The minimum absolute atomic E-state index is 0.203. The van der Waals surface area contributed by atoms with E-state index >= 15 is 0 Å². The van der Waals surface area contributed by atoms with E-state index in [0.717, 1.165) is 11.5 Å². The first-order valence-electron chi connectivity index (χ1n) is 5.15. The number of rotatable bonds is 2. The Bertz CT molecular complexity index is 365. The van der Waals surface area contributed by atoms with E-state index < -0.39 is 0 Å². The van der Waals surface area contributed by atoms with Gasteiger partial charge in [-0.2, -0.15) is 5.10 Å². The molecule has 0 bridgehead atoms. The average molecular weight is 193 g/mol. The zero-order chi connectivity index (χ0) is 9.76. The minimum atomic E-state index is -0.203. The van der Waals surface area contributed by atoms with Crippen LogP contribution in [-0.2, 0) is 16.9 Å². The van der Waals surface area contributed by atoms with Gasteiger partial charge < -0.3 is 10.1 Å². The molecule has 0 unspecified atom stereocenters. The lowest BCUT2D eigenvalue weighted by atomic mass is 10.0. The number of hydrogen-bond acceptors (Lipinski definition) is 3. The molecule has 2 N–H and O–H groups in total. The van der Waals surface area contributed by atoms with Crippen molar-refractivity contribution in [3.63, 3.8) is 0 Å². The van der Waals surface area contributed by atoms with E-state index in [-0.39, 0.29) is 5.60 Å². The number of ether oxygens (including phenoxy) is 1. The maximum Gasteiger partial charge on any atom is 0.153 e. The molecule has 1 aromatic heterocycles. The molecule has 1 saturated carbocycles. The molecule has 3 rings (SSSR count). The van der Waals surface area contributed by atoms with Crippen molar-refractivity contribution in [1.82, 2.24) is 10.2 Å². The SMILES string of the molecule is CC1(C)OCc2c(NC3CC3)n[nH]c21. The zero-order valence-electron chi connectivity index (χ0n) is 8.55. The van der Waals surface area contributed by atoms with Crippen molar-refractivity contribution in [2.75, 3.05) is 5.32 Å². The largest absolute Gasteiger partial charge is 0.366 e. The molecule has 2 aliphatic rings. The van der Waals surface area contributed by atoms with Gasteiger partial charge in [0.15, 0.2) is 5.82 Å². The smallest absolute Gasteiger partial charge is 0.153 e. The first-order chi connectivity index (χ1) is 6.67. The molecular formula is C10H15N3O. The number of aromatic amines is 1. The fourth-order valence-electron chi connectivity index (χ4n) is 1.87. The van der Waals surface area contributed by atoms with Gasteiger partial charge in [-0.25, -0.2) is 0 Å². The number of nitrogens with one attached hydrogen (secondary N) is 2. The van der Waals surface area contributed by atoms with Gasteiger partial charge in [0.2, 0.25) is 0 Å². The Morgan fingerprint density at radius 3 is 3.00 bits per heavy atom. The van der Waals surface area contributed by atoms with Crippen molar-refractivity contribution in [3.05, 3.63) is 11.3 Å². The van der Waals surface area contributed by atoms with Crippen molar-refractivity contribution in [1.29, 1.82) is 0 Å². The predicted octanol–water partition coefficient (Wildman–Crippen LogP) is 1.75. The molecule has 2 heterocycles. The molecule has 0 spiro atoms. The van der Waals surface area contributed by atoms with Crippen LogP contribution < -0.4 is 5.32 Å². The Labute approximate surface area is 83.0 Å². The quantitative estimate of drug-likeness (QED) is 0.752. The fraction of sp³-hybridized carbons (Fsp3) is 0.700. The highest BCUT2D eigenvalue weighted by Crippen LogP contribution is 2.38. The van der Waals surface area contributed by atoms with Gasteiger partial charge in [0.25, 0.3) is 0 Å². The second-order valence-electron chi connectivity index (χ2n) is 4.64. The van der Waals surface area contributed by atoms with Gasteiger partial charge in [-0.1, -0.05) is 0 Å². The van der Waals surface area contributed by atoms with Crippen molar-refractivity contribution in [2.24, 2.45) is 0 Å². The third-order valence-electron chi connectivity index (χ3n) is 2.96. The highest BCUT2D eigenvalue weighted by molar-refractivity contribution is 5.50. The summed E-state index contributed by atoms with van der Waals surface area (Å²) >= 11 is 0. The molecule has 14 heavy (non-hydrogen) atoms. The number of nitrogens with zero attached hydrogens (tertiary/aromatic N) is 1. The summed E-state index contributed by atoms with van der Waals surface area (Å²) < 4.78 is 5.68. The molecule has 4 heteroatoms. The summed E-state index contributed by atoms with van der Waals surface area (Å²) in [6.07, 6.45) is 2.54. The molecule has 0 amide bonds. The molecule has 0 saturated heterocycles. The molecule has 1 aliphatic heterocycles. The standard InChI is InChI=1S/C10H15N3O/c1-10(2)8-7(5-14-10)9(13-12-8)11-6-3-4-6/h6H,3-5H2,1-2H3,(H2,11,12,13). The topological polar surface area (TPSA) is 49.9 Å². The van der Waals surface area contributed by atoms with Crippen LogP contribution in [0.25, 0.3) is 0 Å². The lowest BCUT2D eigenvalue weighted by Gasteiger charge is -2.15. The number of hydrogen-bond donors (Lipinski definition) is 2. The Morgan fingerprint density at radius 2 is 2.29 bits per heavy atom. The molecule has 1 aromatic rings. The summed E-state index contributed by atoms with van der Waals surface area (Å²) in [7, 11) is 0. The van der Waals surface area contributed by atoms with E-state index in [1.54, 1.807) is 0 Å². The van der Waals surface area contributed by atoms with Crippen LogP contribution in [0.2, 0.25) is 0 Å². The van der Waals surface area contributed by atoms with Gasteiger partial charge in [0.1, 0.15) is 5.60 Å². The van der Waals surface area contributed by atoms with E-state index in [2.05, 4.69) is 29.4 Å². The minimum Gasteiger partial charge on any atom is -0.366 e. The van der Waals surface area contributed by atoms with E-state index in [1.807, 2.05) is 0 Å². The zero-order valence-corrected chi connectivity index (χ0v) is 8.55. The Balaban J connectivity index is 1.93. The predicted molar refractivity (Wildman–Crippen MR) is 53.0 cm³/mol. The van der Waals surface area contributed by atoms with E-state index in [1.165, 1.54) is 18.4 Å². The molecule has 0 aromatic carbocycles. The van der Waals surface area contributed by atoms with Crippen LogP contribution in [0, 0.1) is 0 Å². The first-order valence-corrected chi connectivity index (χ1v) is 5.15. The summed E-state index contributed by atoms with van der Waals surface area (Å²) in [5.41, 5.74) is 2.13. The maximum atomic E-state index is 5.68. The van der Waals surface area contributed by atoms with Crippen molar-refractivity contribution < 1.29 is 4.74 Å². The third kappa shape index (κ3) is 1.14. The summed E-state index contributed by atoms with van der Waals surface area (Å²) in [6, 6.07) is 0.645. The van der Waals surface area contributed by atoms with Crippen molar-refractivity contribution >= 4 is 5.82 Å². The fourth-order valence-corrected chi connectivity index (χ4v) is 1.87. The molecule has 0 radical (unpaired) electrons. The average Bonchev–Trinajstić information content (AvgIpc) is 2.74. The van der Waals surface area contributed by atoms with Crippen LogP contribution in [0.5, 0.6) is 0 Å². The van der Waals surface area contributed by atoms with Crippen LogP contribution in [0.15, 0.2) is 0 Å². The normalized spacial score (nSPS) is 23.6. The van der Waals surface area contributed by atoms with Crippen LogP contribution in [0.1, 0.15) is 37.9 Å². The van der Waals surface area contributed by atoms with Gasteiger partial charge in [0, 0.05) is 11.6 Å². The third-order valence-corrected chi connectivity index (χ3v) is 2.96. The molecule has 1 aliphatic carbocycles. The van der Waals surface area contributed by atoms with E-state index in [9.17, 15) is 0 Å². The van der Waals surface area contributed by atoms with Gasteiger partial charge in [0.05, 0.1) is 12.3 Å². The van der Waals surface area contributed by atoms with Crippen LogP contribution >= 0.6 is 0 Å². The van der Waals surface area contributed by atoms with Gasteiger partial charge in [-0.05, 0) is 26.7 Å². The highest BCUT2D eigenvalue weighted by atomic mass is 16.5. The Hall–Kier alpha value is -1.03. The highest BCUT2D eigenvalue weighted by Gasteiger charge is 2.36. The molecule has 1 fully saturated rings. The van der Waals surface area contributed by atoms with Gasteiger partial charge in [-0.15, -0.1) is 0 Å². The number of fused-ring (bicyclic) bond motifs is 1. The Morgan fingerprint density at radius 1 is 1.50 bits per heavy atom. The van der Waals surface area contributed by atoms with Crippen molar-refractivity contribution in [2.45, 2.75) is 44.9 Å². The number of aromatic nitrogens is 2. The molecule has 76 valence electrons. The summed E-state index contributed by atoms with van der Waals surface area (Å²) in [6.45, 7) is 4.81. The van der Waals surface area contributed by atoms with Gasteiger partial charge >= 0.3 is 0 Å². The van der Waals surface area contributed by atoms with Crippen LogP contribution in [0.4, 0.5) is 5.82 Å². The molecular weight excluding hydrogens is 178 g/mol. The second kappa shape index (κ2) is 2.51. The summed E-state index contributed by atoms with van der Waals surface area (Å²) in [5, 5.41) is 10.8. The monoisotopic (exact) mass is 193 g/mol. The maximum absolute atomic E-state index is 5.68. The van der Waals surface area contributed by atoms with Crippen molar-refractivity contribution in [3.8, 4) is 0 Å². The lowest BCUT2D eigenvalue weighted by molar-refractivity contribution is -0.0111. The van der Waals surface area contributed by atoms with E-state index in [4.69, 9.17) is 4.74 Å². The van der Waals surface area contributed by atoms with Crippen LogP contribution in [-0.4, -0.2) is 16.2 Å². The summed E-state index contributed by atoms with van der Waals surface area (Å²) in [4.78, 5) is 0. The lowest BCUT2D eigenvalue weighted by Crippen LogP contribution is -2.15. The molecule has 0 atom stereocenters. The number of anilines is 1. The van der Waals surface area contributed by atoms with Crippen LogP contribution in [0.3, 0.4) is 0 Å². The first kappa shape index (κ1) is 8.29. The second-order valence-corrected chi connectivity index (χ2v) is 4.64.